The van der Waals surface area contributed by atoms with E-state index in [9.17, 15) is 0 Å². The van der Waals surface area contributed by atoms with Crippen LogP contribution in [0.25, 0.3) is 0 Å². The Kier molecular flexibility index (Phi) is 5.52. The van der Waals surface area contributed by atoms with Crippen LogP contribution in [-0.2, 0) is 0 Å². The molecule has 58 valence electrons. The van der Waals surface area contributed by atoms with Gasteiger partial charge >= 0.3 is 0 Å². The first kappa shape index (κ1) is 9.84. The third kappa shape index (κ3) is 2.62. The van der Waals surface area contributed by atoms with Crippen molar-refractivity contribution in [2.24, 2.45) is 11.8 Å². The normalized spacial score (nSPS) is 15.8. The van der Waals surface area contributed by atoms with E-state index in [0.29, 0.717) is 5.92 Å². The highest BCUT2D eigenvalue weighted by Crippen LogP contribution is 2.19. The molecule has 1 nitrogen and oxygen atoms in total. The fourth-order valence-electron chi connectivity index (χ4n) is 1.07. The first-order chi connectivity index (χ1) is 4.79. The second-order valence-electron chi connectivity index (χ2n) is 2.49. The molecule has 0 aromatic carbocycles. The van der Waals surface area contributed by atoms with Crippen LogP contribution < -0.4 is 0 Å². The van der Waals surface area contributed by atoms with Crippen LogP contribution in [0.15, 0.2) is 0 Å². The maximum atomic E-state index is 8.67. The van der Waals surface area contributed by atoms with Gasteiger partial charge in [-0.3, -0.25) is 0 Å². The van der Waals surface area contributed by atoms with Gasteiger partial charge in [-0.25, -0.2) is 0 Å². The topological polar surface area (TPSA) is 23.8 Å². The second kappa shape index (κ2) is 5.61. The summed E-state index contributed by atoms with van der Waals surface area (Å²) in [5.41, 5.74) is 0. The molecule has 0 radical (unpaired) electrons. The van der Waals surface area contributed by atoms with Crippen molar-refractivity contribution >= 4 is 12.6 Å². The highest BCUT2D eigenvalue weighted by Gasteiger charge is 2.15. The smallest absolute Gasteiger partial charge is 0.0658 e. The molecule has 0 bridgehead atoms. The molecule has 0 spiro atoms. The first-order valence-corrected chi connectivity index (χ1v) is 4.43. The number of nitrogens with zero attached hydrogens (tertiary/aromatic N) is 1. The van der Waals surface area contributed by atoms with Crippen LogP contribution in [0.2, 0.25) is 0 Å². The number of rotatable bonds is 4. The lowest BCUT2D eigenvalue weighted by Gasteiger charge is -2.15. The van der Waals surface area contributed by atoms with E-state index < -0.39 is 0 Å². The van der Waals surface area contributed by atoms with Gasteiger partial charge in [-0.05, 0) is 18.1 Å². The molecule has 0 heterocycles. The van der Waals surface area contributed by atoms with Crippen molar-refractivity contribution in [1.82, 2.24) is 0 Å². The molecule has 0 fully saturated rings. The lowest BCUT2D eigenvalue weighted by atomic mass is 9.91. The fraction of sp³-hybridized carbons (Fsp3) is 0.875. The van der Waals surface area contributed by atoms with Gasteiger partial charge in [0.2, 0.25) is 0 Å². The summed E-state index contributed by atoms with van der Waals surface area (Å²) in [4.78, 5) is 0. The van der Waals surface area contributed by atoms with Crippen LogP contribution in [0.1, 0.15) is 26.7 Å². The average molecular weight is 157 g/mol. The van der Waals surface area contributed by atoms with Gasteiger partial charge < -0.3 is 0 Å². The molecule has 0 aromatic heterocycles. The van der Waals surface area contributed by atoms with E-state index in [-0.39, 0.29) is 5.92 Å². The van der Waals surface area contributed by atoms with Gasteiger partial charge in [-0.1, -0.05) is 20.3 Å². The molecule has 0 aromatic rings. The van der Waals surface area contributed by atoms with Crippen LogP contribution in [-0.4, -0.2) is 5.75 Å². The summed E-state index contributed by atoms with van der Waals surface area (Å²) in [5, 5.41) is 8.67. The monoisotopic (exact) mass is 157 g/mol. The Bertz CT molecular complexity index is 113. The molecule has 0 N–H and O–H groups in total. The molecule has 0 aliphatic heterocycles. The van der Waals surface area contributed by atoms with Gasteiger partial charge in [-0.15, -0.1) is 0 Å². The summed E-state index contributed by atoms with van der Waals surface area (Å²) in [6.07, 6.45) is 2.02. The highest BCUT2D eigenvalue weighted by molar-refractivity contribution is 7.80. The van der Waals surface area contributed by atoms with E-state index in [4.69, 9.17) is 5.26 Å². The fourth-order valence-corrected chi connectivity index (χ4v) is 1.58. The Morgan fingerprint density at radius 1 is 1.40 bits per heavy atom. The van der Waals surface area contributed by atoms with Gasteiger partial charge in [0.1, 0.15) is 0 Å². The van der Waals surface area contributed by atoms with E-state index in [1.54, 1.807) is 0 Å². The van der Waals surface area contributed by atoms with Gasteiger partial charge in [0.25, 0.3) is 0 Å². The molecular weight excluding hydrogens is 142 g/mol. The van der Waals surface area contributed by atoms with Crippen LogP contribution in [0.4, 0.5) is 0 Å². The van der Waals surface area contributed by atoms with Crippen molar-refractivity contribution in [1.29, 1.82) is 5.26 Å². The Labute approximate surface area is 68.8 Å². The van der Waals surface area contributed by atoms with Gasteiger partial charge in [0.15, 0.2) is 0 Å². The van der Waals surface area contributed by atoms with Crippen molar-refractivity contribution in [2.45, 2.75) is 26.7 Å². The summed E-state index contributed by atoms with van der Waals surface area (Å²) in [6.45, 7) is 4.17. The molecule has 0 saturated heterocycles. The molecule has 10 heavy (non-hydrogen) atoms. The van der Waals surface area contributed by atoms with E-state index in [0.717, 1.165) is 18.6 Å². The zero-order chi connectivity index (χ0) is 7.98. The molecule has 0 saturated carbocycles. The summed E-state index contributed by atoms with van der Waals surface area (Å²) >= 11 is 4.19. The van der Waals surface area contributed by atoms with E-state index in [1.165, 1.54) is 0 Å². The summed E-state index contributed by atoms with van der Waals surface area (Å²) < 4.78 is 0. The molecule has 0 aliphatic carbocycles. The Hall–Kier alpha value is -0.160. The van der Waals surface area contributed by atoms with Crippen molar-refractivity contribution in [2.75, 3.05) is 5.75 Å². The molecule has 2 atom stereocenters. The SMILES string of the molecule is CCC(C#N)[C@@H](CC)CS. The third-order valence-corrected chi connectivity index (χ3v) is 2.40. The summed E-state index contributed by atoms with van der Waals surface area (Å²) in [7, 11) is 0. The van der Waals surface area contributed by atoms with Crippen LogP contribution in [0.3, 0.4) is 0 Å². The number of thiol groups is 1. The zero-order valence-electron chi connectivity index (χ0n) is 6.67. The minimum Gasteiger partial charge on any atom is -0.198 e. The van der Waals surface area contributed by atoms with E-state index in [1.807, 2.05) is 0 Å². The quantitative estimate of drug-likeness (QED) is 0.623. The second-order valence-corrected chi connectivity index (χ2v) is 2.86. The standard InChI is InChI=1S/C8H15NS/c1-3-7(5-9)8(4-2)6-10/h7-8,10H,3-4,6H2,1-2H3/t7?,8-/m0/s1. The maximum absolute atomic E-state index is 8.67. The maximum Gasteiger partial charge on any atom is 0.0658 e. The lowest BCUT2D eigenvalue weighted by molar-refractivity contribution is 0.423. The van der Waals surface area contributed by atoms with Crippen molar-refractivity contribution < 1.29 is 0 Å². The number of hydrogen-bond acceptors (Lipinski definition) is 2. The Morgan fingerprint density at radius 2 is 2.00 bits per heavy atom. The molecule has 2 heteroatoms. The number of nitriles is 1. The largest absolute Gasteiger partial charge is 0.198 e. The molecule has 0 aliphatic rings. The van der Waals surface area contributed by atoms with Crippen molar-refractivity contribution in [3.8, 4) is 6.07 Å². The van der Waals surface area contributed by atoms with Gasteiger partial charge in [0.05, 0.1) is 6.07 Å². The lowest BCUT2D eigenvalue weighted by Crippen LogP contribution is -2.12. The van der Waals surface area contributed by atoms with Gasteiger partial charge in [-0.2, -0.15) is 17.9 Å². The molecule has 1 unspecified atom stereocenters. The molecule has 0 amide bonds. The van der Waals surface area contributed by atoms with E-state index >= 15 is 0 Å². The third-order valence-electron chi connectivity index (χ3n) is 1.93. The first-order valence-electron chi connectivity index (χ1n) is 3.80. The van der Waals surface area contributed by atoms with E-state index in [2.05, 4.69) is 32.5 Å². The van der Waals surface area contributed by atoms with Crippen LogP contribution in [0, 0.1) is 23.2 Å². The number of hydrogen-bond donors (Lipinski definition) is 1. The summed E-state index contributed by atoms with van der Waals surface area (Å²) in [6, 6.07) is 2.30. The minimum absolute atomic E-state index is 0.211. The zero-order valence-corrected chi connectivity index (χ0v) is 7.56. The Balaban J connectivity index is 3.85. The minimum atomic E-state index is 0.211. The average Bonchev–Trinajstić information content (AvgIpc) is 2.00. The predicted molar refractivity (Wildman–Crippen MR) is 47.0 cm³/mol. The highest BCUT2D eigenvalue weighted by atomic mass is 32.1. The van der Waals surface area contributed by atoms with Gasteiger partial charge in [0, 0.05) is 5.92 Å². The summed E-state index contributed by atoms with van der Waals surface area (Å²) in [5.74, 6) is 1.53. The predicted octanol–water partition coefficient (Wildman–Crippen LogP) is 2.49. The van der Waals surface area contributed by atoms with Crippen LogP contribution in [0.5, 0.6) is 0 Å². The van der Waals surface area contributed by atoms with Crippen LogP contribution >= 0.6 is 12.6 Å². The van der Waals surface area contributed by atoms with Crippen molar-refractivity contribution in [3.63, 3.8) is 0 Å². The Morgan fingerprint density at radius 3 is 2.10 bits per heavy atom. The molecular formula is C8H15NS. The molecule has 0 rings (SSSR count). The van der Waals surface area contributed by atoms with Crippen molar-refractivity contribution in [3.05, 3.63) is 0 Å².